The third kappa shape index (κ3) is 6.04. The summed E-state index contributed by atoms with van der Waals surface area (Å²) < 4.78 is 0. The maximum atomic E-state index is 11.8. The standard InChI is InChI=1S/C15H21NO3/c1-2-3-5-10-14(17)16-13(11-15(18)19)12-8-6-4-7-9-12/h4,6-9,13H,2-3,5,10-11H2,1H3,(H,16,17)(H,18,19)/t13-/m0/s1. The van der Waals surface area contributed by atoms with Crippen LogP contribution < -0.4 is 5.32 Å². The van der Waals surface area contributed by atoms with Crippen molar-refractivity contribution in [3.63, 3.8) is 0 Å². The molecule has 1 aromatic carbocycles. The van der Waals surface area contributed by atoms with Crippen molar-refractivity contribution in [3.8, 4) is 0 Å². The van der Waals surface area contributed by atoms with Crippen LogP contribution in [-0.4, -0.2) is 17.0 Å². The Morgan fingerprint density at radius 3 is 2.47 bits per heavy atom. The van der Waals surface area contributed by atoms with Gasteiger partial charge in [-0.3, -0.25) is 9.59 Å². The summed E-state index contributed by atoms with van der Waals surface area (Å²) >= 11 is 0. The summed E-state index contributed by atoms with van der Waals surface area (Å²) in [6.07, 6.45) is 3.28. The number of carbonyl (C=O) groups is 2. The maximum absolute atomic E-state index is 11.8. The number of carboxylic acids is 1. The van der Waals surface area contributed by atoms with Crippen molar-refractivity contribution in [3.05, 3.63) is 35.9 Å². The van der Waals surface area contributed by atoms with Gasteiger partial charge in [0.1, 0.15) is 0 Å². The van der Waals surface area contributed by atoms with Crippen LogP contribution in [0.15, 0.2) is 30.3 Å². The van der Waals surface area contributed by atoms with Crippen molar-refractivity contribution in [2.45, 2.75) is 45.1 Å². The normalized spacial score (nSPS) is 11.8. The molecule has 0 aliphatic rings. The second-order valence-corrected chi connectivity index (χ2v) is 4.59. The molecule has 19 heavy (non-hydrogen) atoms. The van der Waals surface area contributed by atoms with Crippen molar-refractivity contribution in [1.82, 2.24) is 5.32 Å². The average molecular weight is 263 g/mol. The number of rotatable bonds is 8. The minimum Gasteiger partial charge on any atom is -0.481 e. The molecule has 1 amide bonds. The minimum absolute atomic E-state index is 0.0800. The molecule has 104 valence electrons. The first-order chi connectivity index (χ1) is 9.13. The lowest BCUT2D eigenvalue weighted by molar-refractivity contribution is -0.137. The number of aliphatic carboxylic acids is 1. The zero-order valence-electron chi connectivity index (χ0n) is 11.3. The Kier molecular flexibility index (Phi) is 6.64. The van der Waals surface area contributed by atoms with Gasteiger partial charge in [0.25, 0.3) is 0 Å². The summed E-state index contributed by atoms with van der Waals surface area (Å²) in [6, 6.07) is 8.76. The van der Waals surface area contributed by atoms with Gasteiger partial charge in [0.05, 0.1) is 12.5 Å². The van der Waals surface area contributed by atoms with Gasteiger partial charge in [-0.1, -0.05) is 50.1 Å². The van der Waals surface area contributed by atoms with Crippen molar-refractivity contribution >= 4 is 11.9 Å². The lowest BCUT2D eigenvalue weighted by Crippen LogP contribution is -2.29. The molecule has 1 atom stereocenters. The fourth-order valence-electron chi connectivity index (χ4n) is 1.91. The third-order valence-electron chi connectivity index (χ3n) is 2.92. The lowest BCUT2D eigenvalue weighted by Gasteiger charge is -2.17. The van der Waals surface area contributed by atoms with E-state index in [1.54, 1.807) is 0 Å². The van der Waals surface area contributed by atoms with E-state index in [1.165, 1.54) is 0 Å². The van der Waals surface area contributed by atoms with Crippen LogP contribution in [0.4, 0.5) is 0 Å². The molecule has 0 saturated carbocycles. The van der Waals surface area contributed by atoms with Gasteiger partial charge in [-0.15, -0.1) is 0 Å². The van der Waals surface area contributed by atoms with E-state index in [0.29, 0.717) is 6.42 Å². The predicted molar refractivity (Wildman–Crippen MR) is 73.7 cm³/mol. The number of unbranched alkanes of at least 4 members (excludes halogenated alkanes) is 2. The summed E-state index contributed by atoms with van der Waals surface area (Å²) in [5, 5.41) is 11.7. The van der Waals surface area contributed by atoms with Crippen molar-refractivity contribution in [1.29, 1.82) is 0 Å². The van der Waals surface area contributed by atoms with Crippen LogP contribution in [0.25, 0.3) is 0 Å². The van der Waals surface area contributed by atoms with Gasteiger partial charge in [-0.25, -0.2) is 0 Å². The van der Waals surface area contributed by atoms with Gasteiger partial charge in [-0.05, 0) is 12.0 Å². The van der Waals surface area contributed by atoms with Crippen LogP contribution in [-0.2, 0) is 9.59 Å². The first-order valence-electron chi connectivity index (χ1n) is 6.69. The first-order valence-corrected chi connectivity index (χ1v) is 6.69. The van der Waals surface area contributed by atoms with Gasteiger partial charge in [0.2, 0.25) is 5.91 Å². The molecule has 0 unspecified atom stereocenters. The summed E-state index contributed by atoms with van der Waals surface area (Å²) in [7, 11) is 0. The summed E-state index contributed by atoms with van der Waals surface area (Å²) in [4.78, 5) is 22.7. The molecule has 0 heterocycles. The second kappa shape index (κ2) is 8.29. The molecule has 0 radical (unpaired) electrons. The molecule has 4 nitrogen and oxygen atoms in total. The Morgan fingerprint density at radius 1 is 1.21 bits per heavy atom. The second-order valence-electron chi connectivity index (χ2n) is 4.59. The highest BCUT2D eigenvalue weighted by molar-refractivity contribution is 5.77. The topological polar surface area (TPSA) is 66.4 Å². The monoisotopic (exact) mass is 263 g/mol. The Labute approximate surface area is 113 Å². The molecule has 4 heteroatoms. The number of nitrogens with one attached hydrogen (secondary N) is 1. The van der Waals surface area contributed by atoms with E-state index >= 15 is 0 Å². The van der Waals surface area contributed by atoms with Gasteiger partial charge >= 0.3 is 5.97 Å². The van der Waals surface area contributed by atoms with Crippen LogP contribution in [0, 0.1) is 0 Å². The zero-order chi connectivity index (χ0) is 14.1. The molecule has 2 N–H and O–H groups in total. The van der Waals surface area contributed by atoms with Gasteiger partial charge in [0, 0.05) is 6.42 Å². The number of amides is 1. The van der Waals surface area contributed by atoms with Gasteiger partial charge in [0.15, 0.2) is 0 Å². The highest BCUT2D eigenvalue weighted by Crippen LogP contribution is 2.17. The number of hydrogen-bond donors (Lipinski definition) is 2. The third-order valence-corrected chi connectivity index (χ3v) is 2.92. The molecule has 1 rings (SSSR count). The van der Waals surface area contributed by atoms with E-state index in [1.807, 2.05) is 30.3 Å². The Morgan fingerprint density at radius 2 is 1.89 bits per heavy atom. The highest BCUT2D eigenvalue weighted by Gasteiger charge is 2.17. The summed E-state index contributed by atoms with van der Waals surface area (Å²) in [5.74, 6) is -0.994. The van der Waals surface area contributed by atoms with Crippen molar-refractivity contribution < 1.29 is 14.7 Å². The van der Waals surface area contributed by atoms with Gasteiger partial charge in [-0.2, -0.15) is 0 Å². The van der Waals surface area contributed by atoms with E-state index in [-0.39, 0.29) is 12.3 Å². The molecular formula is C15H21NO3. The predicted octanol–water partition coefficient (Wildman–Crippen LogP) is 2.90. The van der Waals surface area contributed by atoms with E-state index in [4.69, 9.17) is 5.11 Å². The SMILES string of the molecule is CCCCCC(=O)N[C@@H](CC(=O)O)c1ccccc1. The fraction of sp³-hybridized carbons (Fsp3) is 0.467. The highest BCUT2D eigenvalue weighted by atomic mass is 16.4. The van der Waals surface area contributed by atoms with E-state index in [2.05, 4.69) is 12.2 Å². The average Bonchev–Trinajstić information content (AvgIpc) is 2.39. The Hall–Kier alpha value is -1.84. The van der Waals surface area contributed by atoms with E-state index in [0.717, 1.165) is 24.8 Å². The van der Waals surface area contributed by atoms with Crippen LogP contribution >= 0.6 is 0 Å². The molecule has 0 fully saturated rings. The number of benzene rings is 1. The van der Waals surface area contributed by atoms with Crippen LogP contribution in [0.5, 0.6) is 0 Å². The molecule has 1 aromatic rings. The van der Waals surface area contributed by atoms with E-state index < -0.39 is 12.0 Å². The van der Waals surface area contributed by atoms with Gasteiger partial charge < -0.3 is 10.4 Å². The van der Waals surface area contributed by atoms with Crippen LogP contribution in [0.3, 0.4) is 0 Å². The zero-order valence-corrected chi connectivity index (χ0v) is 11.3. The van der Waals surface area contributed by atoms with Crippen molar-refractivity contribution in [2.75, 3.05) is 0 Å². The van der Waals surface area contributed by atoms with Crippen LogP contribution in [0.1, 0.15) is 50.6 Å². The molecule has 0 aliphatic heterocycles. The lowest BCUT2D eigenvalue weighted by atomic mass is 10.0. The molecule has 0 bridgehead atoms. The first kappa shape index (κ1) is 15.2. The molecular weight excluding hydrogens is 242 g/mol. The smallest absolute Gasteiger partial charge is 0.305 e. The largest absolute Gasteiger partial charge is 0.481 e. The van der Waals surface area contributed by atoms with Crippen molar-refractivity contribution in [2.24, 2.45) is 0 Å². The molecule has 0 aliphatic carbocycles. The van der Waals surface area contributed by atoms with Crippen LogP contribution in [0.2, 0.25) is 0 Å². The Bertz CT molecular complexity index is 403. The summed E-state index contributed by atoms with van der Waals surface area (Å²) in [6.45, 7) is 2.08. The molecule has 0 aromatic heterocycles. The number of carboxylic acid groups (broad SMARTS) is 1. The number of carbonyl (C=O) groups excluding carboxylic acids is 1. The molecule has 0 spiro atoms. The molecule has 0 saturated heterocycles. The van der Waals surface area contributed by atoms with E-state index in [9.17, 15) is 9.59 Å². The summed E-state index contributed by atoms with van der Waals surface area (Å²) in [5.41, 5.74) is 0.828. The fourth-order valence-corrected chi connectivity index (χ4v) is 1.91. The number of hydrogen-bond acceptors (Lipinski definition) is 2. The quantitative estimate of drug-likeness (QED) is 0.709. The maximum Gasteiger partial charge on any atom is 0.305 e. The Balaban J connectivity index is 2.60. The minimum atomic E-state index is -0.914.